The number of carbonyl (C=O) groups is 3. The van der Waals surface area contributed by atoms with Gasteiger partial charge in [0.2, 0.25) is 0 Å². The lowest BCUT2D eigenvalue weighted by atomic mass is 10.1. The van der Waals surface area contributed by atoms with Gasteiger partial charge < -0.3 is 14.4 Å². The Hall–Kier alpha value is -3.08. The first-order chi connectivity index (χ1) is 16.7. The Morgan fingerprint density at radius 1 is 1.14 bits per heavy atom. The molecule has 2 aromatic rings. The number of rotatable bonds is 5. The van der Waals surface area contributed by atoms with E-state index >= 15 is 0 Å². The highest BCUT2D eigenvalue weighted by Gasteiger charge is 2.34. The van der Waals surface area contributed by atoms with Crippen LogP contribution in [0, 0.1) is 13.8 Å². The molecule has 0 bridgehead atoms. The van der Waals surface area contributed by atoms with E-state index in [1.54, 1.807) is 29.2 Å². The third-order valence-corrected chi connectivity index (χ3v) is 6.74. The van der Waals surface area contributed by atoms with Crippen LogP contribution in [-0.4, -0.2) is 60.6 Å². The van der Waals surface area contributed by atoms with Crippen molar-refractivity contribution in [3.05, 3.63) is 63.1 Å². The average molecular weight is 558 g/mol. The molecule has 0 aromatic heterocycles. The van der Waals surface area contributed by atoms with E-state index in [-0.39, 0.29) is 23.2 Å². The lowest BCUT2D eigenvalue weighted by molar-refractivity contribution is -0.137. The number of anilines is 1. The van der Waals surface area contributed by atoms with Gasteiger partial charge in [0, 0.05) is 13.1 Å². The molecule has 0 aliphatic carbocycles. The number of morpholine rings is 1. The fourth-order valence-corrected chi connectivity index (χ4v) is 4.48. The van der Waals surface area contributed by atoms with E-state index in [4.69, 9.17) is 21.7 Å². The van der Waals surface area contributed by atoms with Gasteiger partial charge in [-0.3, -0.25) is 24.6 Å². The third-order valence-electron chi connectivity index (χ3n) is 5.83. The number of halogens is 1. The molecule has 4 rings (SSSR count). The van der Waals surface area contributed by atoms with Crippen molar-refractivity contribution in [1.82, 2.24) is 10.2 Å². The van der Waals surface area contributed by atoms with Gasteiger partial charge in [-0.1, -0.05) is 12.1 Å². The highest BCUT2D eigenvalue weighted by atomic mass is 79.9. The molecule has 10 heteroatoms. The smallest absolute Gasteiger partial charge is 0.270 e. The molecule has 2 fully saturated rings. The summed E-state index contributed by atoms with van der Waals surface area (Å²) in [6, 6.07) is 10.7. The number of nitrogens with zero attached hydrogens (tertiary/aromatic N) is 2. The van der Waals surface area contributed by atoms with Crippen LogP contribution in [0.4, 0.5) is 5.69 Å². The topological polar surface area (TPSA) is 88.2 Å². The summed E-state index contributed by atoms with van der Waals surface area (Å²) in [5.41, 5.74) is 3.24. The molecule has 35 heavy (non-hydrogen) atoms. The first kappa shape index (κ1) is 25.0. The van der Waals surface area contributed by atoms with Crippen molar-refractivity contribution < 1.29 is 23.9 Å². The van der Waals surface area contributed by atoms with Crippen LogP contribution in [0.15, 0.2) is 46.4 Å². The molecule has 3 amide bonds. The zero-order valence-corrected chi connectivity index (χ0v) is 21.7. The fraction of sp³-hybridized carbons (Fsp3) is 0.280. The summed E-state index contributed by atoms with van der Waals surface area (Å²) in [4.78, 5) is 41.2. The molecule has 0 spiro atoms. The molecular weight excluding hydrogens is 534 g/mol. The number of nitrogens with one attached hydrogen (secondary N) is 1. The maximum absolute atomic E-state index is 13.2. The van der Waals surface area contributed by atoms with Crippen molar-refractivity contribution in [2.45, 2.75) is 13.8 Å². The standard InChI is InChI=1S/C25H24BrN3O5S/c1-15-3-5-18(11-16(15)2)29-24(32)19(23(31)27-25(29)35)12-17-4-6-21(20(26)13-17)34-14-22(30)28-7-9-33-10-8-28/h3-6,11-13H,7-10,14H2,1-2H3,(H,27,31,35)/b19-12+. The minimum absolute atomic E-state index is 0.0373. The molecule has 2 aliphatic heterocycles. The van der Waals surface area contributed by atoms with Gasteiger partial charge in [-0.25, -0.2) is 0 Å². The zero-order valence-electron chi connectivity index (χ0n) is 19.3. The Kier molecular flexibility index (Phi) is 7.63. The van der Waals surface area contributed by atoms with Gasteiger partial charge >= 0.3 is 0 Å². The Morgan fingerprint density at radius 2 is 1.89 bits per heavy atom. The summed E-state index contributed by atoms with van der Waals surface area (Å²) in [7, 11) is 0. The predicted molar refractivity (Wildman–Crippen MR) is 139 cm³/mol. The van der Waals surface area contributed by atoms with E-state index in [0.29, 0.717) is 47.8 Å². The van der Waals surface area contributed by atoms with Gasteiger partial charge in [-0.2, -0.15) is 0 Å². The Labute approximate surface area is 217 Å². The maximum Gasteiger partial charge on any atom is 0.270 e. The summed E-state index contributed by atoms with van der Waals surface area (Å²) < 4.78 is 11.5. The predicted octanol–water partition coefficient (Wildman–Crippen LogP) is 3.13. The van der Waals surface area contributed by atoms with Gasteiger partial charge in [-0.05, 0) is 89.0 Å². The Balaban J connectivity index is 1.51. The number of hydrogen-bond donors (Lipinski definition) is 1. The van der Waals surface area contributed by atoms with Gasteiger partial charge in [0.15, 0.2) is 11.7 Å². The van der Waals surface area contributed by atoms with Crippen LogP contribution in [0.25, 0.3) is 6.08 Å². The number of aryl methyl sites for hydroxylation is 2. The van der Waals surface area contributed by atoms with Gasteiger partial charge in [-0.15, -0.1) is 0 Å². The SMILES string of the molecule is Cc1ccc(N2C(=O)/C(=C/c3ccc(OCC(=O)N4CCOCC4)c(Br)c3)C(=O)NC2=S)cc1C. The number of hydrogen-bond acceptors (Lipinski definition) is 6. The molecule has 1 N–H and O–H groups in total. The zero-order chi connectivity index (χ0) is 25.1. The van der Waals surface area contributed by atoms with E-state index in [1.807, 2.05) is 26.0 Å². The molecular formula is C25H24BrN3O5S. The summed E-state index contributed by atoms with van der Waals surface area (Å²) in [6.07, 6.45) is 1.50. The second-order valence-electron chi connectivity index (χ2n) is 8.20. The lowest BCUT2D eigenvalue weighted by Crippen LogP contribution is -2.54. The summed E-state index contributed by atoms with van der Waals surface area (Å²) in [6.45, 7) is 5.98. The van der Waals surface area contributed by atoms with E-state index in [2.05, 4.69) is 21.2 Å². The number of benzene rings is 2. The number of amides is 3. The summed E-state index contributed by atoms with van der Waals surface area (Å²) >= 11 is 8.72. The van der Waals surface area contributed by atoms with Crippen LogP contribution in [-0.2, 0) is 19.1 Å². The number of carbonyl (C=O) groups excluding carboxylic acids is 3. The van der Waals surface area contributed by atoms with Crippen LogP contribution in [0.2, 0.25) is 0 Å². The molecule has 2 saturated heterocycles. The number of thiocarbonyl (C=S) groups is 1. The number of ether oxygens (including phenoxy) is 2. The van der Waals surface area contributed by atoms with Crippen LogP contribution in [0.1, 0.15) is 16.7 Å². The van der Waals surface area contributed by atoms with Crippen molar-refractivity contribution in [2.75, 3.05) is 37.8 Å². The summed E-state index contributed by atoms with van der Waals surface area (Å²) in [5, 5.41) is 2.63. The van der Waals surface area contributed by atoms with E-state index in [9.17, 15) is 14.4 Å². The molecule has 2 heterocycles. The molecule has 2 aliphatic rings. The van der Waals surface area contributed by atoms with Crippen molar-refractivity contribution >= 4 is 62.7 Å². The molecule has 0 unspecified atom stereocenters. The van der Waals surface area contributed by atoms with Crippen molar-refractivity contribution in [3.8, 4) is 5.75 Å². The van der Waals surface area contributed by atoms with Crippen LogP contribution >= 0.6 is 28.1 Å². The van der Waals surface area contributed by atoms with Crippen molar-refractivity contribution in [2.24, 2.45) is 0 Å². The molecule has 0 atom stereocenters. The fourth-order valence-electron chi connectivity index (χ4n) is 3.69. The third kappa shape index (κ3) is 5.61. The lowest BCUT2D eigenvalue weighted by Gasteiger charge is -2.29. The summed E-state index contributed by atoms with van der Waals surface area (Å²) in [5.74, 6) is -0.702. The average Bonchev–Trinajstić information content (AvgIpc) is 2.83. The van der Waals surface area contributed by atoms with Gasteiger partial charge in [0.05, 0.1) is 23.4 Å². The molecule has 2 aromatic carbocycles. The Morgan fingerprint density at radius 3 is 2.57 bits per heavy atom. The van der Waals surface area contributed by atoms with Gasteiger partial charge in [0.25, 0.3) is 17.7 Å². The van der Waals surface area contributed by atoms with Crippen molar-refractivity contribution in [1.29, 1.82) is 0 Å². The maximum atomic E-state index is 13.2. The van der Waals surface area contributed by atoms with Crippen LogP contribution < -0.4 is 15.0 Å². The largest absolute Gasteiger partial charge is 0.483 e. The van der Waals surface area contributed by atoms with E-state index in [0.717, 1.165) is 11.1 Å². The highest BCUT2D eigenvalue weighted by molar-refractivity contribution is 9.10. The highest BCUT2D eigenvalue weighted by Crippen LogP contribution is 2.29. The van der Waals surface area contributed by atoms with Crippen molar-refractivity contribution in [3.63, 3.8) is 0 Å². The van der Waals surface area contributed by atoms with Crippen LogP contribution in [0.5, 0.6) is 5.75 Å². The van der Waals surface area contributed by atoms with Crippen LogP contribution in [0.3, 0.4) is 0 Å². The molecule has 182 valence electrons. The monoisotopic (exact) mass is 557 g/mol. The quantitative estimate of drug-likeness (QED) is 0.345. The molecule has 0 saturated carbocycles. The normalized spacial score (nSPS) is 17.6. The molecule has 0 radical (unpaired) electrons. The molecule has 8 nitrogen and oxygen atoms in total. The minimum Gasteiger partial charge on any atom is -0.483 e. The van der Waals surface area contributed by atoms with E-state index in [1.165, 1.54) is 11.0 Å². The second-order valence-corrected chi connectivity index (χ2v) is 9.44. The Bertz CT molecular complexity index is 1240. The van der Waals surface area contributed by atoms with Gasteiger partial charge in [0.1, 0.15) is 11.3 Å². The first-order valence-corrected chi connectivity index (χ1v) is 12.2. The minimum atomic E-state index is -0.562. The second kappa shape index (κ2) is 10.7. The van der Waals surface area contributed by atoms with E-state index < -0.39 is 11.8 Å². The first-order valence-electron chi connectivity index (χ1n) is 11.0.